The van der Waals surface area contributed by atoms with Gasteiger partial charge in [0.05, 0.1) is 6.54 Å². The van der Waals surface area contributed by atoms with E-state index in [0.29, 0.717) is 5.92 Å². The number of hydrogen-bond acceptors (Lipinski definition) is 3. The summed E-state index contributed by atoms with van der Waals surface area (Å²) >= 11 is 0. The van der Waals surface area contributed by atoms with Crippen LogP contribution in [0.25, 0.3) is 0 Å². The first kappa shape index (κ1) is 15.9. The molecule has 0 spiro atoms. The third kappa shape index (κ3) is 6.04. The smallest absolute Gasteiger partial charge is 0.150 e. The second-order valence-electron chi connectivity index (χ2n) is 5.46. The Labute approximate surface area is 118 Å². The molecule has 0 radical (unpaired) electrons. The van der Waals surface area contributed by atoms with E-state index < -0.39 is 0 Å². The maximum absolute atomic E-state index is 4.69. The van der Waals surface area contributed by atoms with Crippen LogP contribution in [0.1, 0.15) is 59.8 Å². The van der Waals surface area contributed by atoms with Crippen LogP contribution >= 0.6 is 0 Å². The van der Waals surface area contributed by atoms with E-state index in [4.69, 9.17) is 0 Å². The van der Waals surface area contributed by atoms with Crippen LogP contribution in [-0.4, -0.2) is 30.1 Å². The average molecular weight is 263 g/mol. The summed E-state index contributed by atoms with van der Waals surface area (Å²) in [6.45, 7) is 10.7. The highest BCUT2D eigenvalue weighted by atomic mass is 15.5. The predicted octanol–water partition coefficient (Wildman–Crippen LogP) is 4.26. The number of allylic oxidation sites excluding steroid dienone is 2. The van der Waals surface area contributed by atoms with Gasteiger partial charge in [-0.25, -0.2) is 4.99 Å². The number of amidine groups is 1. The molecule has 108 valence electrons. The Morgan fingerprint density at radius 3 is 2.95 bits per heavy atom. The molecule has 1 unspecified atom stereocenters. The lowest BCUT2D eigenvalue weighted by Gasteiger charge is -2.23. The van der Waals surface area contributed by atoms with Crippen molar-refractivity contribution in [2.45, 2.75) is 59.8 Å². The van der Waals surface area contributed by atoms with Crippen LogP contribution in [-0.2, 0) is 0 Å². The summed E-state index contributed by atoms with van der Waals surface area (Å²) in [6, 6.07) is 0. The number of rotatable bonds is 8. The van der Waals surface area contributed by atoms with E-state index >= 15 is 0 Å². The lowest BCUT2D eigenvalue weighted by atomic mass is 10.0. The predicted molar refractivity (Wildman–Crippen MR) is 84.9 cm³/mol. The second-order valence-corrected chi connectivity index (χ2v) is 5.46. The fourth-order valence-corrected chi connectivity index (χ4v) is 2.13. The number of hydrogen-bond donors (Lipinski definition) is 0. The van der Waals surface area contributed by atoms with E-state index in [1.54, 1.807) is 0 Å². The van der Waals surface area contributed by atoms with Gasteiger partial charge in [-0.2, -0.15) is 5.10 Å². The molecule has 0 saturated carbocycles. The van der Waals surface area contributed by atoms with Crippen molar-refractivity contribution in [3.8, 4) is 0 Å². The van der Waals surface area contributed by atoms with E-state index in [9.17, 15) is 0 Å². The van der Waals surface area contributed by atoms with Crippen molar-refractivity contribution in [2.24, 2.45) is 16.0 Å². The van der Waals surface area contributed by atoms with Gasteiger partial charge < -0.3 is 0 Å². The highest BCUT2D eigenvalue weighted by Gasteiger charge is 2.14. The van der Waals surface area contributed by atoms with E-state index in [1.165, 1.54) is 37.7 Å². The summed E-state index contributed by atoms with van der Waals surface area (Å²) in [5, 5.41) is 6.85. The molecule has 0 amide bonds. The van der Waals surface area contributed by atoms with Crippen LogP contribution in [0.5, 0.6) is 0 Å². The fourth-order valence-electron chi connectivity index (χ4n) is 2.13. The number of nitrogens with zero attached hydrogens (tertiary/aromatic N) is 3. The maximum atomic E-state index is 4.69. The Morgan fingerprint density at radius 1 is 1.47 bits per heavy atom. The summed E-state index contributed by atoms with van der Waals surface area (Å²) in [4.78, 5) is 4.46. The van der Waals surface area contributed by atoms with Crippen LogP contribution in [0.2, 0.25) is 0 Å². The molecular formula is C16H29N3. The van der Waals surface area contributed by atoms with Crippen LogP contribution in [0.15, 0.2) is 21.7 Å². The number of aliphatic imine (C=N–C) groups is 1. The van der Waals surface area contributed by atoms with Gasteiger partial charge in [0.1, 0.15) is 0 Å². The van der Waals surface area contributed by atoms with Gasteiger partial charge in [0, 0.05) is 18.7 Å². The van der Waals surface area contributed by atoms with Gasteiger partial charge in [-0.3, -0.25) is 5.01 Å². The van der Waals surface area contributed by atoms with Crippen molar-refractivity contribution in [1.29, 1.82) is 0 Å². The van der Waals surface area contributed by atoms with Crippen molar-refractivity contribution in [3.05, 3.63) is 11.6 Å². The summed E-state index contributed by atoms with van der Waals surface area (Å²) in [5.41, 5.74) is 1.46. The highest BCUT2D eigenvalue weighted by Crippen LogP contribution is 2.14. The van der Waals surface area contributed by atoms with Gasteiger partial charge in [-0.1, -0.05) is 38.3 Å². The summed E-state index contributed by atoms with van der Waals surface area (Å²) in [5.74, 6) is 1.50. The van der Waals surface area contributed by atoms with Gasteiger partial charge >= 0.3 is 0 Å². The first-order chi connectivity index (χ1) is 9.17. The molecule has 0 aliphatic carbocycles. The topological polar surface area (TPSA) is 28.0 Å². The fraction of sp³-hybridized carbons (Fsp3) is 0.750. The Bertz CT molecular complexity index is 342. The molecule has 1 atom stereocenters. The van der Waals surface area contributed by atoms with Gasteiger partial charge in [0.2, 0.25) is 0 Å². The molecular weight excluding hydrogens is 234 g/mol. The van der Waals surface area contributed by atoms with Crippen LogP contribution in [0, 0.1) is 5.92 Å². The van der Waals surface area contributed by atoms with Crippen molar-refractivity contribution in [3.63, 3.8) is 0 Å². The van der Waals surface area contributed by atoms with Crippen LogP contribution in [0.3, 0.4) is 0 Å². The molecule has 0 N–H and O–H groups in total. The standard InChI is InChI=1S/C16H29N3/c1-5-7-10-15(4)16-17-11-13-19(18-16)12-8-9-14(3)6-2/h6,11,15H,5,7-10,12-13H2,1-4H3. The molecule has 1 heterocycles. The average Bonchev–Trinajstić information content (AvgIpc) is 2.44. The molecule has 3 heteroatoms. The minimum Gasteiger partial charge on any atom is -0.290 e. The zero-order valence-electron chi connectivity index (χ0n) is 13.0. The van der Waals surface area contributed by atoms with Gasteiger partial charge in [0.25, 0.3) is 0 Å². The van der Waals surface area contributed by atoms with Crippen LogP contribution in [0.4, 0.5) is 0 Å². The molecule has 0 bridgehead atoms. The van der Waals surface area contributed by atoms with Gasteiger partial charge in [-0.15, -0.1) is 0 Å². The molecule has 0 aromatic heterocycles. The number of hydrazone groups is 1. The minimum atomic E-state index is 0.483. The SMILES string of the molecule is CC=C(C)CCCN1CC=NC(C(C)CCCC)=N1. The third-order valence-electron chi connectivity index (χ3n) is 3.67. The normalized spacial score (nSPS) is 17.6. The van der Waals surface area contributed by atoms with Crippen molar-refractivity contribution >= 4 is 12.1 Å². The molecule has 19 heavy (non-hydrogen) atoms. The molecule has 3 nitrogen and oxygen atoms in total. The molecule has 1 aliphatic heterocycles. The lowest BCUT2D eigenvalue weighted by Crippen LogP contribution is -2.28. The molecule has 0 saturated heterocycles. The Morgan fingerprint density at radius 2 is 2.26 bits per heavy atom. The molecule has 1 rings (SSSR count). The summed E-state index contributed by atoms with van der Waals surface area (Å²) in [7, 11) is 0. The molecule has 0 aromatic carbocycles. The quantitative estimate of drug-likeness (QED) is 0.601. The summed E-state index contributed by atoms with van der Waals surface area (Å²) in [6.07, 6.45) is 10.2. The Hall–Kier alpha value is -1.12. The van der Waals surface area contributed by atoms with Crippen molar-refractivity contribution in [1.82, 2.24) is 5.01 Å². The lowest BCUT2D eigenvalue weighted by molar-refractivity contribution is 0.319. The Kier molecular flexibility index (Phi) is 7.46. The van der Waals surface area contributed by atoms with Crippen molar-refractivity contribution in [2.75, 3.05) is 13.1 Å². The number of unbranched alkanes of at least 4 members (excludes halogenated alkanes) is 1. The van der Waals surface area contributed by atoms with E-state index in [2.05, 4.69) is 48.9 Å². The molecule has 0 aromatic rings. The van der Waals surface area contributed by atoms with Crippen molar-refractivity contribution < 1.29 is 0 Å². The molecule has 1 aliphatic rings. The largest absolute Gasteiger partial charge is 0.290 e. The zero-order valence-corrected chi connectivity index (χ0v) is 13.0. The highest BCUT2D eigenvalue weighted by molar-refractivity contribution is 5.92. The van der Waals surface area contributed by atoms with Gasteiger partial charge in [0.15, 0.2) is 5.84 Å². The third-order valence-corrected chi connectivity index (χ3v) is 3.67. The van der Waals surface area contributed by atoms with Gasteiger partial charge in [-0.05, 0) is 33.1 Å². The first-order valence-corrected chi connectivity index (χ1v) is 7.65. The maximum Gasteiger partial charge on any atom is 0.150 e. The van der Waals surface area contributed by atoms with E-state index in [0.717, 1.165) is 18.9 Å². The van der Waals surface area contributed by atoms with Crippen LogP contribution < -0.4 is 0 Å². The first-order valence-electron chi connectivity index (χ1n) is 7.65. The van der Waals surface area contributed by atoms with E-state index in [1.807, 2.05) is 6.21 Å². The zero-order chi connectivity index (χ0) is 14.1. The molecule has 0 fully saturated rings. The monoisotopic (exact) mass is 263 g/mol. The summed E-state index contributed by atoms with van der Waals surface area (Å²) < 4.78 is 0. The minimum absolute atomic E-state index is 0.483. The van der Waals surface area contributed by atoms with E-state index in [-0.39, 0.29) is 0 Å². The Balaban J connectivity index is 2.40. The second kappa shape index (κ2) is 8.89.